The maximum Gasteiger partial charge on any atom is 0.303 e. The van der Waals surface area contributed by atoms with Crippen molar-refractivity contribution in [2.45, 2.75) is 37.8 Å². The van der Waals surface area contributed by atoms with Gasteiger partial charge in [-0.1, -0.05) is 6.08 Å². The maximum absolute atomic E-state index is 11.2. The second-order valence-electron chi connectivity index (χ2n) is 8.26. The number of piperidine rings is 3. The molecule has 3 saturated heterocycles. The highest BCUT2D eigenvalue weighted by molar-refractivity contribution is 5.84. The molecule has 0 saturated carbocycles. The van der Waals surface area contributed by atoms with Crippen LogP contribution in [0.2, 0.25) is 0 Å². The summed E-state index contributed by atoms with van der Waals surface area (Å²) in [7, 11) is 1.66. The predicted octanol–water partition coefficient (Wildman–Crippen LogP) is 3.11. The van der Waals surface area contributed by atoms with Crippen LogP contribution >= 0.6 is 0 Å². The lowest BCUT2D eigenvalue weighted by molar-refractivity contribution is -0.143. The molecule has 172 valence electrons. The summed E-state index contributed by atoms with van der Waals surface area (Å²) in [6.45, 7) is 6.07. The minimum atomic E-state index is -1.08. The molecule has 0 spiro atoms. The molecule has 1 unspecified atom stereocenters. The molecule has 3 aliphatic heterocycles. The molecule has 3 aliphatic rings. The number of benzene rings is 1. The molecule has 2 aromatic rings. The second-order valence-corrected chi connectivity index (χ2v) is 8.26. The first-order chi connectivity index (χ1) is 15.3. The number of carbonyl (C=O) groups is 2. The average molecular weight is 443 g/mol. The molecule has 1 aromatic carbocycles. The number of aliphatic hydroxyl groups is 1. The number of carboxylic acid groups (broad SMARTS) is 2. The van der Waals surface area contributed by atoms with Crippen LogP contribution in [-0.4, -0.2) is 63.4 Å². The van der Waals surface area contributed by atoms with Gasteiger partial charge >= 0.3 is 11.9 Å². The van der Waals surface area contributed by atoms with Gasteiger partial charge < -0.3 is 20.1 Å². The molecule has 8 heteroatoms. The van der Waals surface area contributed by atoms with Crippen molar-refractivity contribution in [1.82, 2.24) is 9.88 Å². The Kier molecular flexibility index (Phi) is 7.82. The van der Waals surface area contributed by atoms with Crippen molar-refractivity contribution in [2.75, 3.05) is 20.2 Å². The van der Waals surface area contributed by atoms with Crippen LogP contribution in [0.5, 0.6) is 5.75 Å². The largest absolute Gasteiger partial charge is 0.497 e. The number of methoxy groups -OCH3 is 1. The Balaban J connectivity index is 0.000000312. The van der Waals surface area contributed by atoms with Gasteiger partial charge in [0.2, 0.25) is 0 Å². The molecule has 0 amide bonds. The van der Waals surface area contributed by atoms with Gasteiger partial charge in [0.1, 0.15) is 5.75 Å². The number of ether oxygens (including phenoxy) is 1. The third-order valence-electron chi connectivity index (χ3n) is 6.37. The van der Waals surface area contributed by atoms with Crippen molar-refractivity contribution in [3.8, 4) is 5.75 Å². The maximum atomic E-state index is 11.2. The van der Waals surface area contributed by atoms with E-state index in [9.17, 15) is 14.7 Å². The fourth-order valence-corrected chi connectivity index (χ4v) is 4.66. The van der Waals surface area contributed by atoms with E-state index in [1.165, 1.54) is 6.42 Å². The smallest absolute Gasteiger partial charge is 0.303 e. The van der Waals surface area contributed by atoms with Gasteiger partial charge in [0, 0.05) is 24.2 Å². The Bertz CT molecular complexity index is 964. The lowest BCUT2D eigenvalue weighted by Gasteiger charge is -2.50. The van der Waals surface area contributed by atoms with Crippen molar-refractivity contribution >= 4 is 22.8 Å². The topological polar surface area (TPSA) is 120 Å². The summed E-state index contributed by atoms with van der Waals surface area (Å²) in [6, 6.07) is 7.96. The van der Waals surface area contributed by atoms with Gasteiger partial charge in [-0.05, 0) is 61.1 Å². The van der Waals surface area contributed by atoms with E-state index in [2.05, 4.69) is 22.5 Å². The summed E-state index contributed by atoms with van der Waals surface area (Å²) in [4.78, 5) is 26.1. The minimum Gasteiger partial charge on any atom is -0.497 e. The van der Waals surface area contributed by atoms with Gasteiger partial charge in [-0.25, -0.2) is 0 Å². The van der Waals surface area contributed by atoms with Crippen molar-refractivity contribution < 1.29 is 29.6 Å². The Hall–Kier alpha value is -2.97. The van der Waals surface area contributed by atoms with Crippen LogP contribution in [0.3, 0.4) is 0 Å². The van der Waals surface area contributed by atoms with Gasteiger partial charge in [-0.3, -0.25) is 19.5 Å². The average Bonchev–Trinajstić information content (AvgIpc) is 2.82. The number of carboxylic acids is 2. The van der Waals surface area contributed by atoms with E-state index in [4.69, 9.17) is 14.9 Å². The first-order valence-electron chi connectivity index (χ1n) is 10.7. The van der Waals surface area contributed by atoms with Crippen molar-refractivity contribution in [2.24, 2.45) is 11.8 Å². The third-order valence-corrected chi connectivity index (χ3v) is 6.37. The Morgan fingerprint density at radius 1 is 1.28 bits per heavy atom. The number of aliphatic hydroxyl groups excluding tert-OH is 1. The molecule has 2 bridgehead atoms. The Morgan fingerprint density at radius 3 is 2.56 bits per heavy atom. The summed E-state index contributed by atoms with van der Waals surface area (Å²) >= 11 is 0. The summed E-state index contributed by atoms with van der Waals surface area (Å²) in [5.41, 5.74) is 1.85. The summed E-state index contributed by atoms with van der Waals surface area (Å²) in [5.74, 6) is -0.146. The fraction of sp³-hybridized carbons (Fsp3) is 0.458. The monoisotopic (exact) mass is 442 g/mol. The van der Waals surface area contributed by atoms with E-state index < -0.39 is 18.0 Å². The molecule has 1 aromatic heterocycles. The van der Waals surface area contributed by atoms with Crippen molar-refractivity contribution in [1.29, 1.82) is 0 Å². The number of fused-ring (bicyclic) bond motifs is 4. The fourth-order valence-electron chi connectivity index (χ4n) is 4.66. The zero-order valence-electron chi connectivity index (χ0n) is 18.2. The van der Waals surface area contributed by atoms with Gasteiger partial charge in [0.15, 0.2) is 0 Å². The standard InChI is InChI=1S/C20H24N2O2.C4H6O4/c1-3-13-12-22-9-7-14(13)10-19(22)20(23)16-6-8-21-18-5-4-15(24-2)11-17(16)18;5-3(6)1-2-4(7)8/h3-6,8,11,13-14,19-20,23H,1,7,9-10,12H2,2H3;1-2H2,(H,5,6)(H,7,8)/t13-,14-,19-,20+;/m0./s1. The van der Waals surface area contributed by atoms with Crippen molar-refractivity contribution in [3.05, 3.63) is 48.7 Å². The van der Waals surface area contributed by atoms with Crippen molar-refractivity contribution in [3.63, 3.8) is 0 Å². The molecule has 3 N–H and O–H groups in total. The molecule has 5 rings (SSSR count). The van der Waals surface area contributed by atoms with Gasteiger partial charge in [0.05, 0.1) is 31.6 Å². The van der Waals surface area contributed by atoms with E-state index in [0.29, 0.717) is 11.8 Å². The van der Waals surface area contributed by atoms with Gasteiger partial charge in [-0.15, -0.1) is 6.58 Å². The summed E-state index contributed by atoms with van der Waals surface area (Å²) in [5, 5.41) is 27.9. The van der Waals surface area contributed by atoms with Crippen LogP contribution in [0.1, 0.15) is 37.4 Å². The third kappa shape index (κ3) is 5.44. The number of aliphatic carboxylic acids is 2. The Morgan fingerprint density at radius 2 is 2.00 bits per heavy atom. The molecular formula is C24H30N2O6. The lowest BCUT2D eigenvalue weighted by Crippen LogP contribution is -2.54. The van der Waals surface area contributed by atoms with Gasteiger partial charge in [0.25, 0.3) is 0 Å². The number of hydrogen-bond acceptors (Lipinski definition) is 6. The lowest BCUT2D eigenvalue weighted by atomic mass is 9.73. The normalized spacial score (nSPS) is 24.8. The predicted molar refractivity (Wildman–Crippen MR) is 120 cm³/mol. The Labute approximate surface area is 187 Å². The zero-order valence-corrected chi connectivity index (χ0v) is 18.2. The van der Waals surface area contributed by atoms with E-state index in [1.54, 1.807) is 13.3 Å². The molecule has 0 radical (unpaired) electrons. The van der Waals surface area contributed by atoms with Crippen LogP contribution in [0.25, 0.3) is 10.9 Å². The molecule has 3 fully saturated rings. The number of hydrogen-bond donors (Lipinski definition) is 3. The van der Waals surface area contributed by atoms with Crippen LogP contribution in [-0.2, 0) is 9.59 Å². The number of nitrogens with zero attached hydrogens (tertiary/aromatic N) is 2. The van der Waals surface area contributed by atoms with Crippen LogP contribution < -0.4 is 4.74 Å². The second kappa shape index (κ2) is 10.6. The summed E-state index contributed by atoms with van der Waals surface area (Å²) in [6.07, 6.45) is 5.03. The highest BCUT2D eigenvalue weighted by Gasteiger charge is 2.42. The summed E-state index contributed by atoms with van der Waals surface area (Å²) < 4.78 is 5.35. The highest BCUT2D eigenvalue weighted by atomic mass is 16.5. The highest BCUT2D eigenvalue weighted by Crippen LogP contribution is 2.42. The number of pyridine rings is 1. The van der Waals surface area contributed by atoms with E-state index >= 15 is 0 Å². The minimum absolute atomic E-state index is 0.178. The van der Waals surface area contributed by atoms with Crippen LogP contribution in [0.15, 0.2) is 43.1 Å². The van der Waals surface area contributed by atoms with E-state index in [1.807, 2.05) is 24.3 Å². The quantitative estimate of drug-likeness (QED) is 0.560. The van der Waals surface area contributed by atoms with E-state index in [0.717, 1.165) is 41.7 Å². The molecule has 8 nitrogen and oxygen atoms in total. The molecular weight excluding hydrogens is 412 g/mol. The molecule has 5 atom stereocenters. The molecule has 0 aliphatic carbocycles. The van der Waals surface area contributed by atoms with Gasteiger partial charge in [-0.2, -0.15) is 0 Å². The first kappa shape index (κ1) is 23.7. The van der Waals surface area contributed by atoms with E-state index in [-0.39, 0.29) is 18.9 Å². The number of rotatable bonds is 7. The number of aromatic nitrogens is 1. The SMILES string of the molecule is C=C[C@H]1CN2CC[C@H]1C[C@H]2[C@H](O)c1ccnc2ccc(OC)cc12.O=C(O)CCC(=O)O. The molecule has 4 heterocycles. The first-order valence-corrected chi connectivity index (χ1v) is 10.7. The van der Waals surface area contributed by atoms with Crippen LogP contribution in [0.4, 0.5) is 0 Å². The molecule has 32 heavy (non-hydrogen) atoms. The zero-order chi connectivity index (χ0) is 23.3. The van der Waals surface area contributed by atoms with Crippen LogP contribution in [0, 0.1) is 11.8 Å².